The van der Waals surface area contributed by atoms with Crippen LogP contribution in [0.15, 0.2) is 47.5 Å². The Hall–Kier alpha value is -2.54. The van der Waals surface area contributed by atoms with Gasteiger partial charge in [0, 0.05) is 43.7 Å². The summed E-state index contributed by atoms with van der Waals surface area (Å²) in [6.45, 7) is 2.99. The van der Waals surface area contributed by atoms with Gasteiger partial charge in [-0.05, 0) is 36.6 Å². The number of nitrogens with zero attached hydrogens (tertiary/aromatic N) is 3. The number of amides is 2. The van der Waals surface area contributed by atoms with E-state index in [2.05, 4.69) is 15.2 Å². The summed E-state index contributed by atoms with van der Waals surface area (Å²) in [7, 11) is 0. The van der Waals surface area contributed by atoms with E-state index in [1.54, 1.807) is 16.7 Å². The summed E-state index contributed by atoms with van der Waals surface area (Å²) in [4.78, 5) is 34.4. The van der Waals surface area contributed by atoms with Crippen molar-refractivity contribution < 1.29 is 9.59 Å². The number of rotatable bonds is 6. The molecule has 6 nitrogen and oxygen atoms in total. The van der Waals surface area contributed by atoms with Gasteiger partial charge in [-0.2, -0.15) is 0 Å². The van der Waals surface area contributed by atoms with Crippen LogP contribution in [0.3, 0.4) is 0 Å². The Morgan fingerprint density at radius 2 is 1.87 bits per heavy atom. The summed E-state index contributed by atoms with van der Waals surface area (Å²) in [6.07, 6.45) is 7.18. The van der Waals surface area contributed by atoms with E-state index in [4.69, 9.17) is 0 Å². The molecule has 0 radical (unpaired) electrons. The molecule has 1 N–H and O–H groups in total. The number of benzene rings is 1. The van der Waals surface area contributed by atoms with E-state index in [-0.39, 0.29) is 18.2 Å². The first-order chi connectivity index (χ1) is 14.7. The maximum atomic E-state index is 12.3. The van der Waals surface area contributed by atoms with Gasteiger partial charge in [-0.1, -0.05) is 31.0 Å². The number of fused-ring (bicyclic) bond motifs is 1. The van der Waals surface area contributed by atoms with Crippen molar-refractivity contribution >= 4 is 35.1 Å². The predicted molar refractivity (Wildman–Crippen MR) is 121 cm³/mol. The number of pyridine rings is 1. The average molecular weight is 425 g/mol. The molecule has 1 saturated heterocycles. The van der Waals surface area contributed by atoms with Crippen LogP contribution in [0.2, 0.25) is 0 Å². The number of anilines is 2. The quantitative estimate of drug-likeness (QED) is 0.767. The van der Waals surface area contributed by atoms with Gasteiger partial charge in [-0.15, -0.1) is 11.8 Å². The number of hydrogen-bond donors (Lipinski definition) is 1. The molecule has 2 aliphatic rings. The first-order valence-corrected chi connectivity index (χ1v) is 11.7. The molecule has 2 amide bonds. The van der Waals surface area contributed by atoms with Crippen molar-refractivity contribution in [1.29, 1.82) is 0 Å². The molecule has 3 heterocycles. The van der Waals surface area contributed by atoms with Crippen LogP contribution in [0.1, 0.15) is 37.7 Å². The molecule has 0 spiro atoms. The molecular formula is C23H28N4O2S. The maximum absolute atomic E-state index is 12.3. The average Bonchev–Trinajstić information content (AvgIpc) is 3.07. The van der Waals surface area contributed by atoms with Crippen LogP contribution in [-0.4, -0.2) is 42.2 Å². The summed E-state index contributed by atoms with van der Waals surface area (Å²) in [5, 5.41) is 2.95. The molecular weight excluding hydrogens is 396 g/mol. The van der Waals surface area contributed by atoms with E-state index < -0.39 is 0 Å². The lowest BCUT2D eigenvalue weighted by Crippen LogP contribution is -2.38. The smallest absolute Gasteiger partial charge is 0.237 e. The fourth-order valence-electron chi connectivity index (χ4n) is 3.91. The molecule has 158 valence electrons. The Morgan fingerprint density at radius 3 is 2.63 bits per heavy atom. The van der Waals surface area contributed by atoms with Gasteiger partial charge in [0.2, 0.25) is 11.8 Å². The fraction of sp³-hybridized carbons (Fsp3) is 0.435. The molecule has 0 saturated carbocycles. The van der Waals surface area contributed by atoms with Gasteiger partial charge in [0.15, 0.2) is 0 Å². The molecule has 0 bridgehead atoms. The number of aromatic nitrogens is 1. The third-order valence-corrected chi connectivity index (χ3v) is 6.65. The molecule has 1 aromatic heterocycles. The van der Waals surface area contributed by atoms with Gasteiger partial charge in [-0.25, -0.2) is 4.98 Å². The third-order valence-electron chi connectivity index (χ3n) is 5.60. The van der Waals surface area contributed by atoms with Crippen molar-refractivity contribution in [2.75, 3.05) is 35.2 Å². The third kappa shape index (κ3) is 5.14. The molecule has 30 heavy (non-hydrogen) atoms. The van der Waals surface area contributed by atoms with Crippen molar-refractivity contribution in [3.05, 3.63) is 48.2 Å². The van der Waals surface area contributed by atoms with E-state index in [0.29, 0.717) is 18.8 Å². The van der Waals surface area contributed by atoms with Crippen LogP contribution in [0.4, 0.5) is 11.5 Å². The van der Waals surface area contributed by atoms with Gasteiger partial charge in [-0.3, -0.25) is 9.59 Å². The van der Waals surface area contributed by atoms with E-state index in [1.807, 2.05) is 42.6 Å². The van der Waals surface area contributed by atoms with Gasteiger partial charge < -0.3 is 15.1 Å². The molecule has 4 rings (SSSR count). The molecule has 1 fully saturated rings. The summed E-state index contributed by atoms with van der Waals surface area (Å²) in [6, 6.07) is 11.9. The summed E-state index contributed by atoms with van der Waals surface area (Å²) < 4.78 is 0. The fourth-order valence-corrected chi connectivity index (χ4v) is 4.85. The molecule has 2 aliphatic heterocycles. The highest BCUT2D eigenvalue weighted by molar-refractivity contribution is 8.00. The molecule has 1 aromatic carbocycles. The van der Waals surface area contributed by atoms with E-state index >= 15 is 0 Å². The lowest BCUT2D eigenvalue weighted by atomic mass is 10.2. The topological polar surface area (TPSA) is 65.5 Å². The Balaban J connectivity index is 1.26. The highest BCUT2D eigenvalue weighted by atomic mass is 32.2. The number of thioether (sulfide) groups is 1. The number of carbonyl (C=O) groups is 2. The number of para-hydroxylation sites is 1. The minimum absolute atomic E-state index is 0.0554. The molecule has 7 heteroatoms. The minimum Gasteiger partial charge on any atom is -0.357 e. The Bertz CT molecular complexity index is 879. The minimum atomic E-state index is -0.0601. The molecule has 2 aromatic rings. The monoisotopic (exact) mass is 424 g/mol. The van der Waals surface area contributed by atoms with Gasteiger partial charge >= 0.3 is 0 Å². The summed E-state index contributed by atoms with van der Waals surface area (Å²) in [5.41, 5.74) is 1.89. The second-order valence-electron chi connectivity index (χ2n) is 7.75. The van der Waals surface area contributed by atoms with Crippen LogP contribution >= 0.6 is 11.8 Å². The molecule has 0 unspecified atom stereocenters. The first-order valence-electron chi connectivity index (χ1n) is 10.7. The van der Waals surface area contributed by atoms with Crippen LogP contribution in [0.25, 0.3) is 0 Å². The van der Waals surface area contributed by atoms with Gasteiger partial charge in [0.05, 0.1) is 11.4 Å². The summed E-state index contributed by atoms with van der Waals surface area (Å²) >= 11 is 1.55. The van der Waals surface area contributed by atoms with Crippen molar-refractivity contribution in [3.8, 4) is 0 Å². The van der Waals surface area contributed by atoms with E-state index in [0.717, 1.165) is 35.1 Å². The second-order valence-corrected chi connectivity index (χ2v) is 8.77. The Kier molecular flexibility index (Phi) is 6.89. The largest absolute Gasteiger partial charge is 0.357 e. The number of carbonyl (C=O) groups excluding carboxylic acids is 2. The lowest BCUT2D eigenvalue weighted by Gasteiger charge is -2.28. The zero-order valence-electron chi connectivity index (χ0n) is 17.2. The lowest BCUT2D eigenvalue weighted by molar-refractivity contribution is -0.121. The SMILES string of the molecule is O=C(CCN1C(=O)CSc2ccccc21)NCc1ccc(N2CCCCCC2)nc1. The number of nitrogens with one attached hydrogen (secondary N) is 1. The Morgan fingerprint density at radius 1 is 1.07 bits per heavy atom. The summed E-state index contributed by atoms with van der Waals surface area (Å²) in [5.74, 6) is 1.44. The van der Waals surface area contributed by atoms with Crippen LogP contribution in [0.5, 0.6) is 0 Å². The number of hydrogen-bond acceptors (Lipinski definition) is 5. The van der Waals surface area contributed by atoms with Crippen LogP contribution in [-0.2, 0) is 16.1 Å². The maximum Gasteiger partial charge on any atom is 0.237 e. The highest BCUT2D eigenvalue weighted by Crippen LogP contribution is 2.34. The molecule has 0 aliphatic carbocycles. The van der Waals surface area contributed by atoms with E-state index in [1.165, 1.54) is 25.7 Å². The highest BCUT2D eigenvalue weighted by Gasteiger charge is 2.24. The Labute approximate surface area is 182 Å². The molecule has 0 atom stereocenters. The van der Waals surface area contributed by atoms with Gasteiger partial charge in [0.1, 0.15) is 5.82 Å². The van der Waals surface area contributed by atoms with Crippen LogP contribution < -0.4 is 15.1 Å². The van der Waals surface area contributed by atoms with Crippen molar-refractivity contribution in [2.24, 2.45) is 0 Å². The predicted octanol–water partition coefficient (Wildman–Crippen LogP) is 3.61. The van der Waals surface area contributed by atoms with E-state index in [9.17, 15) is 9.59 Å². The second kappa shape index (κ2) is 9.98. The van der Waals surface area contributed by atoms with Crippen molar-refractivity contribution in [1.82, 2.24) is 10.3 Å². The standard InChI is InChI=1S/C23H28N4O2S/c28-22(11-14-27-19-7-3-4-8-20(19)30-17-23(27)29)25-16-18-9-10-21(24-15-18)26-12-5-1-2-6-13-26/h3-4,7-10,15H,1-2,5-6,11-14,16-17H2,(H,25,28). The van der Waals surface area contributed by atoms with Crippen molar-refractivity contribution in [2.45, 2.75) is 43.5 Å². The zero-order valence-corrected chi connectivity index (χ0v) is 18.0. The van der Waals surface area contributed by atoms with Crippen molar-refractivity contribution in [3.63, 3.8) is 0 Å². The van der Waals surface area contributed by atoms with Crippen LogP contribution in [0, 0.1) is 0 Å². The zero-order chi connectivity index (χ0) is 20.8. The normalized spacial score (nSPS) is 16.7. The van der Waals surface area contributed by atoms with Gasteiger partial charge in [0.25, 0.3) is 0 Å². The first kappa shape index (κ1) is 20.7.